The fraction of sp³-hybridized carbons (Fsp3) is 0.900. The van der Waals surface area contributed by atoms with Gasteiger partial charge in [0.05, 0.1) is 6.54 Å². The average Bonchev–Trinajstić information content (AvgIpc) is 2.63. The Labute approximate surface area is 109 Å². The van der Waals surface area contributed by atoms with Crippen molar-refractivity contribution < 1.29 is 0 Å². The van der Waals surface area contributed by atoms with E-state index >= 15 is 0 Å². The molecule has 0 saturated carbocycles. The molecule has 0 fully saturated rings. The summed E-state index contributed by atoms with van der Waals surface area (Å²) in [5.41, 5.74) is 0. The number of amidine groups is 1. The van der Waals surface area contributed by atoms with Crippen LogP contribution in [0.4, 0.5) is 0 Å². The molecule has 0 amide bonds. The van der Waals surface area contributed by atoms with E-state index in [-0.39, 0.29) is 24.0 Å². The third-order valence-electron chi connectivity index (χ3n) is 2.13. The maximum absolute atomic E-state index is 4.34. The van der Waals surface area contributed by atoms with Crippen molar-refractivity contribution in [2.45, 2.75) is 39.0 Å². The lowest BCUT2D eigenvalue weighted by molar-refractivity contribution is 0.659. The predicted molar refractivity (Wildman–Crippen MR) is 76.9 cm³/mol. The highest BCUT2D eigenvalue weighted by Gasteiger charge is 2.03. The number of nitrogens with zero attached hydrogens (tertiary/aromatic N) is 1. The molecule has 1 N–H and O–H groups in total. The van der Waals surface area contributed by atoms with Crippen molar-refractivity contribution in [3.8, 4) is 0 Å². The lowest BCUT2D eigenvalue weighted by atomic mass is 10.2. The van der Waals surface area contributed by atoms with Gasteiger partial charge in [-0.3, -0.25) is 4.99 Å². The third kappa shape index (κ3) is 6.92. The molecule has 0 spiro atoms. The number of rotatable bonds is 6. The Kier molecular flexibility index (Phi) is 10.5. The fourth-order valence-electron chi connectivity index (χ4n) is 1.35. The minimum atomic E-state index is 0. The molecule has 84 valence electrons. The molecule has 0 aromatic carbocycles. The standard InChI is InChI=1S/C10H20N2S.HI/c1-2-3-4-5-6-9-13-10-11-7-8-12-10;/h2-9H2,1H3,(H,11,12);1H. The van der Waals surface area contributed by atoms with Crippen LogP contribution in [0.1, 0.15) is 39.0 Å². The molecule has 0 aliphatic carbocycles. The van der Waals surface area contributed by atoms with Gasteiger partial charge in [0.25, 0.3) is 0 Å². The first kappa shape index (κ1) is 14.6. The second kappa shape index (κ2) is 10.1. The molecule has 4 heteroatoms. The van der Waals surface area contributed by atoms with Crippen LogP contribution in [0.25, 0.3) is 0 Å². The molecule has 2 nitrogen and oxygen atoms in total. The van der Waals surface area contributed by atoms with Gasteiger partial charge in [0.2, 0.25) is 0 Å². The molecular weight excluding hydrogens is 307 g/mol. The zero-order valence-corrected chi connectivity index (χ0v) is 12.1. The first-order valence-corrected chi connectivity index (χ1v) is 6.33. The maximum atomic E-state index is 4.34. The van der Waals surface area contributed by atoms with Gasteiger partial charge in [-0.25, -0.2) is 0 Å². The molecule has 1 heterocycles. The van der Waals surface area contributed by atoms with Gasteiger partial charge in [-0.1, -0.05) is 44.4 Å². The molecule has 0 bridgehead atoms. The molecule has 0 aromatic heterocycles. The minimum absolute atomic E-state index is 0. The van der Waals surface area contributed by atoms with Crippen LogP contribution in [0.2, 0.25) is 0 Å². The van der Waals surface area contributed by atoms with Crippen LogP contribution in [0.3, 0.4) is 0 Å². The largest absolute Gasteiger partial charge is 0.363 e. The van der Waals surface area contributed by atoms with E-state index in [2.05, 4.69) is 17.2 Å². The van der Waals surface area contributed by atoms with Gasteiger partial charge in [-0.05, 0) is 6.42 Å². The average molecular weight is 328 g/mol. The van der Waals surface area contributed by atoms with Crippen LogP contribution < -0.4 is 5.32 Å². The number of thioether (sulfide) groups is 1. The Bertz CT molecular complexity index is 162. The van der Waals surface area contributed by atoms with Gasteiger partial charge in [-0.2, -0.15) is 0 Å². The maximum Gasteiger partial charge on any atom is 0.156 e. The number of nitrogens with one attached hydrogen (secondary N) is 1. The van der Waals surface area contributed by atoms with Crippen LogP contribution in [-0.4, -0.2) is 24.0 Å². The van der Waals surface area contributed by atoms with Crippen LogP contribution in [-0.2, 0) is 0 Å². The highest BCUT2D eigenvalue weighted by Crippen LogP contribution is 2.10. The molecule has 0 saturated heterocycles. The molecule has 14 heavy (non-hydrogen) atoms. The molecule has 0 unspecified atom stereocenters. The first-order chi connectivity index (χ1) is 6.43. The van der Waals surface area contributed by atoms with Crippen LogP contribution in [0.15, 0.2) is 4.99 Å². The number of halogens is 1. The second-order valence-corrected chi connectivity index (χ2v) is 4.46. The molecule has 0 radical (unpaired) electrons. The number of hydrogen-bond donors (Lipinski definition) is 1. The summed E-state index contributed by atoms with van der Waals surface area (Å²) in [6, 6.07) is 0. The van der Waals surface area contributed by atoms with Crippen LogP contribution in [0.5, 0.6) is 0 Å². The van der Waals surface area contributed by atoms with E-state index in [9.17, 15) is 0 Å². The van der Waals surface area contributed by atoms with Gasteiger partial charge in [-0.15, -0.1) is 24.0 Å². The summed E-state index contributed by atoms with van der Waals surface area (Å²) >= 11 is 1.88. The topological polar surface area (TPSA) is 24.4 Å². The van der Waals surface area contributed by atoms with E-state index in [0.29, 0.717) is 0 Å². The zero-order valence-electron chi connectivity index (χ0n) is 8.92. The van der Waals surface area contributed by atoms with E-state index < -0.39 is 0 Å². The lowest BCUT2D eigenvalue weighted by Gasteiger charge is -2.01. The van der Waals surface area contributed by atoms with E-state index in [1.54, 1.807) is 0 Å². The monoisotopic (exact) mass is 328 g/mol. The van der Waals surface area contributed by atoms with Crippen molar-refractivity contribution in [3.63, 3.8) is 0 Å². The molecule has 1 rings (SSSR count). The van der Waals surface area contributed by atoms with E-state index in [1.807, 2.05) is 11.8 Å². The predicted octanol–water partition coefficient (Wildman–Crippen LogP) is 3.27. The van der Waals surface area contributed by atoms with Crippen LogP contribution in [0, 0.1) is 0 Å². The Balaban J connectivity index is 0.00000169. The Hall–Kier alpha value is 0.550. The van der Waals surface area contributed by atoms with Gasteiger partial charge < -0.3 is 5.32 Å². The molecule has 1 aliphatic heterocycles. The summed E-state index contributed by atoms with van der Waals surface area (Å²) in [5.74, 6) is 1.23. The van der Waals surface area contributed by atoms with Gasteiger partial charge in [0, 0.05) is 12.3 Å². The number of aliphatic imine (C=N–C) groups is 1. The Morgan fingerprint density at radius 3 is 2.71 bits per heavy atom. The summed E-state index contributed by atoms with van der Waals surface area (Å²) in [6.07, 6.45) is 6.85. The summed E-state index contributed by atoms with van der Waals surface area (Å²) in [4.78, 5) is 4.34. The summed E-state index contributed by atoms with van der Waals surface area (Å²) in [5, 5.41) is 4.43. The molecule has 0 atom stereocenters. The number of hydrogen-bond acceptors (Lipinski definition) is 3. The van der Waals surface area contributed by atoms with Crippen molar-refractivity contribution in [2.75, 3.05) is 18.8 Å². The van der Waals surface area contributed by atoms with E-state index in [1.165, 1.54) is 37.9 Å². The smallest absolute Gasteiger partial charge is 0.156 e. The Morgan fingerprint density at radius 2 is 2.07 bits per heavy atom. The number of unbranched alkanes of at least 4 members (excludes halogenated alkanes) is 4. The SMILES string of the molecule is CCCCCCCSC1=NCCN1.I. The van der Waals surface area contributed by atoms with Crippen LogP contribution >= 0.6 is 35.7 Å². The van der Waals surface area contributed by atoms with Gasteiger partial charge >= 0.3 is 0 Å². The quantitative estimate of drug-likeness (QED) is 0.598. The third-order valence-corrected chi connectivity index (χ3v) is 3.17. The van der Waals surface area contributed by atoms with E-state index in [0.717, 1.165) is 18.3 Å². The summed E-state index contributed by atoms with van der Waals surface area (Å²) < 4.78 is 0. The van der Waals surface area contributed by atoms with E-state index in [4.69, 9.17) is 0 Å². The lowest BCUT2D eigenvalue weighted by Crippen LogP contribution is -2.15. The zero-order chi connectivity index (χ0) is 9.36. The van der Waals surface area contributed by atoms with Crippen molar-refractivity contribution in [2.24, 2.45) is 4.99 Å². The normalized spacial score (nSPS) is 14.5. The fourth-order valence-corrected chi connectivity index (χ4v) is 2.28. The highest BCUT2D eigenvalue weighted by molar-refractivity contribution is 14.0. The van der Waals surface area contributed by atoms with Gasteiger partial charge in [0.15, 0.2) is 5.17 Å². The van der Waals surface area contributed by atoms with Gasteiger partial charge in [0.1, 0.15) is 0 Å². The van der Waals surface area contributed by atoms with Crippen molar-refractivity contribution in [1.82, 2.24) is 5.32 Å². The van der Waals surface area contributed by atoms with Crippen molar-refractivity contribution >= 4 is 40.9 Å². The molecule has 1 aliphatic rings. The Morgan fingerprint density at radius 1 is 1.29 bits per heavy atom. The van der Waals surface area contributed by atoms with Crippen molar-refractivity contribution in [3.05, 3.63) is 0 Å². The van der Waals surface area contributed by atoms with Crippen molar-refractivity contribution in [1.29, 1.82) is 0 Å². The molecule has 0 aromatic rings. The first-order valence-electron chi connectivity index (χ1n) is 5.34. The highest BCUT2D eigenvalue weighted by atomic mass is 127. The summed E-state index contributed by atoms with van der Waals surface area (Å²) in [6.45, 7) is 4.27. The molecular formula is C10H21IN2S. The second-order valence-electron chi connectivity index (χ2n) is 3.38. The summed E-state index contributed by atoms with van der Waals surface area (Å²) in [7, 11) is 0. The minimum Gasteiger partial charge on any atom is -0.363 e.